The summed E-state index contributed by atoms with van der Waals surface area (Å²) >= 11 is 0. The zero-order valence-corrected chi connectivity index (χ0v) is 21.0. The van der Waals surface area contributed by atoms with Gasteiger partial charge in [0.15, 0.2) is 5.82 Å². The van der Waals surface area contributed by atoms with Gasteiger partial charge >= 0.3 is 12.4 Å². The Labute approximate surface area is 216 Å². The Morgan fingerprint density at radius 3 is 1.89 bits per heavy atom. The molecule has 1 aliphatic heterocycles. The molecule has 0 aliphatic carbocycles. The molecule has 0 bridgehead atoms. The Morgan fingerprint density at radius 1 is 0.842 bits per heavy atom. The highest BCUT2D eigenvalue weighted by Crippen LogP contribution is 2.37. The molecule has 11 heteroatoms. The minimum atomic E-state index is -5.02. The minimum Gasteiger partial charge on any atom is -0.353 e. The van der Waals surface area contributed by atoms with E-state index in [0.29, 0.717) is 36.9 Å². The van der Waals surface area contributed by atoms with E-state index < -0.39 is 35.0 Å². The van der Waals surface area contributed by atoms with Crippen LogP contribution in [0.2, 0.25) is 0 Å². The molecule has 1 fully saturated rings. The molecule has 1 aliphatic rings. The van der Waals surface area contributed by atoms with E-state index >= 15 is 0 Å². The number of rotatable bonds is 4. The van der Waals surface area contributed by atoms with Crippen molar-refractivity contribution in [2.75, 3.05) is 31.1 Å². The maximum Gasteiger partial charge on any atom is 0.416 e. The molecule has 202 valence electrons. The summed E-state index contributed by atoms with van der Waals surface area (Å²) < 4.78 is 79.6. The third-order valence-corrected chi connectivity index (χ3v) is 6.43. The first-order valence-corrected chi connectivity index (χ1v) is 12.0. The smallest absolute Gasteiger partial charge is 0.353 e. The number of aromatic nitrogens is 2. The van der Waals surface area contributed by atoms with E-state index in [1.165, 1.54) is 4.90 Å². The lowest BCUT2D eigenvalue weighted by atomic mass is 10.0. The Bertz CT molecular complexity index is 1280. The van der Waals surface area contributed by atoms with Gasteiger partial charge in [0.05, 0.1) is 11.1 Å². The predicted molar refractivity (Wildman–Crippen MR) is 131 cm³/mol. The van der Waals surface area contributed by atoms with Gasteiger partial charge in [0, 0.05) is 48.6 Å². The molecule has 2 aromatic carbocycles. The standard InChI is InChI=1S/C27H26F6N4O/c1-16(2)22-17(3)34-23(18-7-5-4-6-8-18)35-24(22)36-9-11-37(12-10-36)25(38)19-13-20(26(28,29)30)15-21(14-19)27(31,32)33/h4-8,13-16H,9-12H2,1-3H3. The molecule has 0 atom stereocenters. The summed E-state index contributed by atoms with van der Waals surface area (Å²) in [7, 11) is 0. The van der Waals surface area contributed by atoms with Crippen LogP contribution >= 0.6 is 0 Å². The van der Waals surface area contributed by atoms with Crippen molar-refractivity contribution < 1.29 is 31.1 Å². The normalized spacial score (nSPS) is 14.8. The molecule has 4 rings (SSSR count). The van der Waals surface area contributed by atoms with Gasteiger partial charge in [0.2, 0.25) is 0 Å². The quantitative estimate of drug-likeness (QED) is 0.354. The molecule has 2 heterocycles. The lowest BCUT2D eigenvalue weighted by Gasteiger charge is -2.37. The highest BCUT2D eigenvalue weighted by Gasteiger charge is 2.38. The Kier molecular flexibility index (Phi) is 7.40. The van der Waals surface area contributed by atoms with E-state index in [-0.39, 0.29) is 25.1 Å². The molecular formula is C27H26F6N4O. The van der Waals surface area contributed by atoms with E-state index in [9.17, 15) is 31.1 Å². The van der Waals surface area contributed by atoms with Gasteiger partial charge in [0.25, 0.3) is 5.91 Å². The summed E-state index contributed by atoms with van der Waals surface area (Å²) in [6.45, 7) is 6.77. The molecule has 0 unspecified atom stereocenters. The third kappa shape index (κ3) is 5.76. The van der Waals surface area contributed by atoms with Crippen LogP contribution in [0.5, 0.6) is 0 Å². The van der Waals surface area contributed by atoms with Gasteiger partial charge < -0.3 is 9.80 Å². The van der Waals surface area contributed by atoms with Gasteiger partial charge in [0.1, 0.15) is 5.82 Å². The van der Waals surface area contributed by atoms with Crippen LogP contribution in [-0.4, -0.2) is 47.0 Å². The summed E-state index contributed by atoms with van der Waals surface area (Å²) in [6.07, 6.45) is -10.0. The number of hydrogen-bond acceptors (Lipinski definition) is 4. The van der Waals surface area contributed by atoms with Crippen molar-refractivity contribution in [1.82, 2.24) is 14.9 Å². The van der Waals surface area contributed by atoms with E-state index in [1.807, 2.05) is 56.0 Å². The van der Waals surface area contributed by atoms with Gasteiger partial charge in [-0.05, 0) is 31.0 Å². The average molecular weight is 537 g/mol. The molecule has 1 amide bonds. The van der Waals surface area contributed by atoms with Crippen LogP contribution in [-0.2, 0) is 12.4 Å². The number of carbonyl (C=O) groups excluding carboxylic acids is 1. The van der Waals surface area contributed by atoms with E-state index in [1.54, 1.807) is 0 Å². The van der Waals surface area contributed by atoms with E-state index in [0.717, 1.165) is 16.8 Å². The molecule has 0 spiro atoms. The van der Waals surface area contributed by atoms with E-state index in [4.69, 9.17) is 4.98 Å². The summed E-state index contributed by atoms with van der Waals surface area (Å²) in [5, 5.41) is 0. The lowest BCUT2D eigenvalue weighted by molar-refractivity contribution is -0.143. The fourth-order valence-corrected chi connectivity index (χ4v) is 4.58. The number of amides is 1. The first-order valence-electron chi connectivity index (χ1n) is 12.0. The fourth-order valence-electron chi connectivity index (χ4n) is 4.58. The largest absolute Gasteiger partial charge is 0.416 e. The van der Waals surface area contributed by atoms with Crippen molar-refractivity contribution >= 4 is 11.7 Å². The first kappa shape index (κ1) is 27.4. The monoisotopic (exact) mass is 536 g/mol. The number of hydrogen-bond donors (Lipinski definition) is 0. The van der Waals surface area contributed by atoms with Gasteiger partial charge in [-0.1, -0.05) is 44.2 Å². The van der Waals surface area contributed by atoms with Crippen LogP contribution in [0.1, 0.15) is 52.5 Å². The number of halogens is 6. The van der Waals surface area contributed by atoms with Gasteiger partial charge in [-0.2, -0.15) is 26.3 Å². The summed E-state index contributed by atoms with van der Waals surface area (Å²) in [5.41, 5.74) is -1.08. The second-order valence-electron chi connectivity index (χ2n) is 9.46. The number of anilines is 1. The zero-order chi connectivity index (χ0) is 27.8. The fraction of sp³-hybridized carbons (Fsp3) is 0.370. The van der Waals surface area contributed by atoms with E-state index in [2.05, 4.69) is 4.98 Å². The second kappa shape index (κ2) is 10.3. The van der Waals surface area contributed by atoms with Crippen LogP contribution in [0.15, 0.2) is 48.5 Å². The van der Waals surface area contributed by atoms with Crippen molar-refractivity contribution in [1.29, 1.82) is 0 Å². The predicted octanol–water partition coefficient (Wildman–Crippen LogP) is 6.58. The van der Waals surface area contributed by atoms with Crippen LogP contribution < -0.4 is 4.90 Å². The molecule has 0 saturated carbocycles. The lowest BCUT2D eigenvalue weighted by Crippen LogP contribution is -2.49. The maximum absolute atomic E-state index is 13.3. The zero-order valence-electron chi connectivity index (χ0n) is 21.0. The highest BCUT2D eigenvalue weighted by molar-refractivity contribution is 5.95. The van der Waals surface area contributed by atoms with Crippen molar-refractivity contribution in [2.24, 2.45) is 0 Å². The molecule has 1 saturated heterocycles. The molecular weight excluding hydrogens is 510 g/mol. The van der Waals surface area contributed by atoms with Crippen molar-refractivity contribution in [3.8, 4) is 11.4 Å². The summed E-state index contributed by atoms with van der Waals surface area (Å²) in [5.74, 6) is 0.469. The highest BCUT2D eigenvalue weighted by atomic mass is 19.4. The molecule has 5 nitrogen and oxygen atoms in total. The van der Waals surface area contributed by atoms with Gasteiger partial charge in [-0.25, -0.2) is 9.97 Å². The Hall–Kier alpha value is -3.63. The summed E-state index contributed by atoms with van der Waals surface area (Å²) in [6, 6.07) is 10.4. The topological polar surface area (TPSA) is 49.3 Å². The average Bonchev–Trinajstić information content (AvgIpc) is 2.87. The minimum absolute atomic E-state index is 0.0178. The van der Waals surface area contributed by atoms with Crippen molar-refractivity contribution in [3.05, 3.63) is 76.5 Å². The molecule has 1 aromatic heterocycles. The molecule has 38 heavy (non-hydrogen) atoms. The Balaban J connectivity index is 1.60. The first-order chi connectivity index (χ1) is 17.8. The number of aryl methyl sites for hydroxylation is 1. The second-order valence-corrected chi connectivity index (χ2v) is 9.46. The number of alkyl halides is 6. The van der Waals surface area contributed by atoms with Gasteiger partial charge in [-0.3, -0.25) is 4.79 Å². The maximum atomic E-state index is 13.3. The molecule has 3 aromatic rings. The third-order valence-electron chi connectivity index (χ3n) is 6.43. The van der Waals surface area contributed by atoms with Crippen LogP contribution in [0, 0.1) is 6.92 Å². The summed E-state index contributed by atoms with van der Waals surface area (Å²) in [4.78, 5) is 25.8. The van der Waals surface area contributed by atoms with Crippen LogP contribution in [0.4, 0.5) is 32.2 Å². The molecule has 0 radical (unpaired) electrons. The van der Waals surface area contributed by atoms with Gasteiger partial charge in [-0.15, -0.1) is 0 Å². The number of benzene rings is 2. The Morgan fingerprint density at radius 2 is 1.39 bits per heavy atom. The number of carbonyl (C=O) groups is 1. The van der Waals surface area contributed by atoms with Crippen molar-refractivity contribution in [2.45, 2.75) is 39.0 Å². The van der Waals surface area contributed by atoms with Crippen LogP contribution in [0.25, 0.3) is 11.4 Å². The van der Waals surface area contributed by atoms with Crippen LogP contribution in [0.3, 0.4) is 0 Å². The van der Waals surface area contributed by atoms with Crippen molar-refractivity contribution in [3.63, 3.8) is 0 Å². The SMILES string of the molecule is Cc1nc(-c2ccccc2)nc(N2CCN(C(=O)c3cc(C(F)(F)F)cc(C(F)(F)F)c3)CC2)c1C(C)C. The number of piperazine rings is 1. The molecule has 0 N–H and O–H groups in total. The number of nitrogens with zero attached hydrogens (tertiary/aromatic N) is 4.